The van der Waals surface area contributed by atoms with Crippen LogP contribution in [0.25, 0.3) is 0 Å². The number of hydrogen-bond acceptors (Lipinski definition) is 3. The van der Waals surface area contributed by atoms with Gasteiger partial charge in [-0.1, -0.05) is 31.0 Å². The van der Waals surface area contributed by atoms with Crippen LogP contribution < -0.4 is 10.5 Å². The van der Waals surface area contributed by atoms with Crippen LogP contribution in [0.15, 0.2) is 30.3 Å². The maximum atomic E-state index is 12.5. The number of nitrogens with two attached hydrogens (primary N) is 1. The predicted molar refractivity (Wildman–Crippen MR) is 84.1 cm³/mol. The molecule has 1 aliphatic carbocycles. The molecule has 2 atom stereocenters. The molecule has 21 heavy (non-hydrogen) atoms. The second kappa shape index (κ2) is 8.03. The lowest BCUT2D eigenvalue weighted by Crippen LogP contribution is -2.41. The fourth-order valence-corrected chi connectivity index (χ4v) is 3.03. The van der Waals surface area contributed by atoms with Crippen molar-refractivity contribution in [3.05, 3.63) is 30.3 Å². The Hall–Kier alpha value is -1.55. The van der Waals surface area contributed by atoms with Gasteiger partial charge in [0.15, 0.2) is 0 Å². The molecule has 1 aromatic carbocycles. The van der Waals surface area contributed by atoms with Crippen molar-refractivity contribution in [2.24, 2.45) is 17.6 Å². The number of carbonyl (C=O) groups is 1. The Bertz CT molecular complexity index is 436. The topological polar surface area (TPSA) is 55.6 Å². The zero-order chi connectivity index (χ0) is 15.1. The summed E-state index contributed by atoms with van der Waals surface area (Å²) in [7, 11) is 1.86. The number of para-hydroxylation sites is 1. The average molecular weight is 290 g/mol. The molecule has 1 amide bonds. The minimum absolute atomic E-state index is 0.102. The molecule has 1 fully saturated rings. The number of benzene rings is 1. The van der Waals surface area contributed by atoms with Gasteiger partial charge in [-0.25, -0.2) is 0 Å². The normalized spacial score (nSPS) is 21.8. The van der Waals surface area contributed by atoms with Crippen LogP contribution >= 0.6 is 0 Å². The van der Waals surface area contributed by atoms with Crippen LogP contribution in [-0.4, -0.2) is 37.6 Å². The minimum Gasteiger partial charge on any atom is -0.492 e. The van der Waals surface area contributed by atoms with Crippen molar-refractivity contribution in [3.8, 4) is 5.75 Å². The highest BCUT2D eigenvalue weighted by Crippen LogP contribution is 2.30. The predicted octanol–water partition coefficient (Wildman–Crippen LogP) is 2.29. The van der Waals surface area contributed by atoms with E-state index in [-0.39, 0.29) is 11.8 Å². The third-order valence-corrected chi connectivity index (χ3v) is 4.34. The first-order valence-corrected chi connectivity index (χ1v) is 7.85. The van der Waals surface area contributed by atoms with Crippen LogP contribution in [-0.2, 0) is 4.79 Å². The molecule has 4 nitrogen and oxygen atoms in total. The van der Waals surface area contributed by atoms with E-state index < -0.39 is 0 Å². The van der Waals surface area contributed by atoms with Gasteiger partial charge >= 0.3 is 0 Å². The van der Waals surface area contributed by atoms with E-state index in [0.29, 0.717) is 25.6 Å². The molecular formula is C17H26N2O2. The highest BCUT2D eigenvalue weighted by atomic mass is 16.5. The molecule has 0 bridgehead atoms. The van der Waals surface area contributed by atoms with Crippen molar-refractivity contribution in [3.63, 3.8) is 0 Å². The molecule has 0 heterocycles. The first-order valence-electron chi connectivity index (χ1n) is 7.85. The first kappa shape index (κ1) is 15.8. The Morgan fingerprint density at radius 2 is 2.00 bits per heavy atom. The fraction of sp³-hybridized carbons (Fsp3) is 0.588. The molecule has 2 unspecified atom stereocenters. The number of ether oxygens (including phenoxy) is 1. The molecule has 0 aromatic heterocycles. The van der Waals surface area contributed by atoms with Crippen LogP contribution in [0.3, 0.4) is 0 Å². The molecule has 0 aliphatic heterocycles. The first-order chi connectivity index (χ1) is 10.2. The van der Waals surface area contributed by atoms with Crippen LogP contribution in [0.4, 0.5) is 0 Å². The van der Waals surface area contributed by atoms with Crippen molar-refractivity contribution in [1.29, 1.82) is 0 Å². The van der Waals surface area contributed by atoms with Crippen LogP contribution in [0, 0.1) is 11.8 Å². The van der Waals surface area contributed by atoms with Crippen LogP contribution in [0.2, 0.25) is 0 Å². The van der Waals surface area contributed by atoms with Gasteiger partial charge in [0.25, 0.3) is 0 Å². The summed E-state index contributed by atoms with van der Waals surface area (Å²) in [4.78, 5) is 14.3. The summed E-state index contributed by atoms with van der Waals surface area (Å²) in [6.07, 6.45) is 4.40. The summed E-state index contributed by atoms with van der Waals surface area (Å²) in [5, 5.41) is 0. The average Bonchev–Trinajstić information content (AvgIpc) is 2.55. The molecule has 2 rings (SSSR count). The molecule has 1 saturated carbocycles. The zero-order valence-corrected chi connectivity index (χ0v) is 12.8. The Kier molecular flexibility index (Phi) is 6.05. The van der Waals surface area contributed by atoms with E-state index in [9.17, 15) is 4.79 Å². The fourth-order valence-electron chi connectivity index (χ4n) is 3.03. The number of hydrogen-bond donors (Lipinski definition) is 1. The number of amides is 1. The molecule has 1 aliphatic rings. The second-order valence-corrected chi connectivity index (χ2v) is 5.81. The SMILES string of the molecule is CN(CCOc1ccccc1)C(=O)C1CCCCC1CN. The highest BCUT2D eigenvalue weighted by Gasteiger charge is 2.31. The van der Waals surface area contributed by atoms with Gasteiger partial charge in [-0.2, -0.15) is 0 Å². The van der Waals surface area contributed by atoms with Crippen LogP contribution in [0.5, 0.6) is 5.75 Å². The van der Waals surface area contributed by atoms with E-state index in [0.717, 1.165) is 25.0 Å². The van der Waals surface area contributed by atoms with Gasteiger partial charge in [0.1, 0.15) is 12.4 Å². The van der Waals surface area contributed by atoms with E-state index in [4.69, 9.17) is 10.5 Å². The summed E-state index contributed by atoms with van der Waals surface area (Å²) in [5.74, 6) is 1.52. The Labute approximate surface area is 127 Å². The molecule has 2 N–H and O–H groups in total. The molecule has 0 saturated heterocycles. The van der Waals surface area contributed by atoms with E-state index in [1.165, 1.54) is 6.42 Å². The summed E-state index contributed by atoms with van der Waals surface area (Å²) in [6, 6.07) is 9.69. The van der Waals surface area contributed by atoms with E-state index >= 15 is 0 Å². The lowest BCUT2D eigenvalue weighted by atomic mass is 9.78. The van der Waals surface area contributed by atoms with Crippen molar-refractivity contribution >= 4 is 5.91 Å². The molecule has 0 radical (unpaired) electrons. The molecule has 4 heteroatoms. The van der Waals surface area contributed by atoms with Crippen molar-refractivity contribution in [1.82, 2.24) is 4.90 Å². The largest absolute Gasteiger partial charge is 0.492 e. The number of rotatable bonds is 6. The molecular weight excluding hydrogens is 264 g/mol. The Morgan fingerprint density at radius 1 is 1.29 bits per heavy atom. The summed E-state index contributed by atoms with van der Waals surface area (Å²) >= 11 is 0. The van der Waals surface area contributed by atoms with Crippen LogP contribution in [0.1, 0.15) is 25.7 Å². The number of likely N-dealkylation sites (N-methyl/N-ethyl adjacent to an activating group) is 1. The highest BCUT2D eigenvalue weighted by molar-refractivity contribution is 5.79. The van der Waals surface area contributed by atoms with Crippen molar-refractivity contribution < 1.29 is 9.53 Å². The smallest absolute Gasteiger partial charge is 0.225 e. The zero-order valence-electron chi connectivity index (χ0n) is 12.8. The van der Waals surface area contributed by atoms with Gasteiger partial charge in [0.05, 0.1) is 6.54 Å². The van der Waals surface area contributed by atoms with Crippen molar-refractivity contribution in [2.75, 3.05) is 26.7 Å². The van der Waals surface area contributed by atoms with Gasteiger partial charge in [0, 0.05) is 13.0 Å². The lowest BCUT2D eigenvalue weighted by molar-refractivity contribution is -0.137. The maximum absolute atomic E-state index is 12.5. The van der Waals surface area contributed by atoms with E-state index in [1.54, 1.807) is 4.90 Å². The molecule has 1 aromatic rings. The summed E-state index contributed by atoms with van der Waals surface area (Å²) in [5.41, 5.74) is 5.81. The van der Waals surface area contributed by atoms with Gasteiger partial charge in [-0.05, 0) is 37.4 Å². The van der Waals surface area contributed by atoms with E-state index in [2.05, 4.69) is 0 Å². The quantitative estimate of drug-likeness (QED) is 0.874. The second-order valence-electron chi connectivity index (χ2n) is 5.81. The number of carbonyl (C=O) groups excluding carboxylic acids is 1. The molecule has 116 valence electrons. The summed E-state index contributed by atoms with van der Waals surface area (Å²) < 4.78 is 5.65. The Morgan fingerprint density at radius 3 is 2.71 bits per heavy atom. The third-order valence-electron chi connectivity index (χ3n) is 4.34. The minimum atomic E-state index is 0.102. The van der Waals surface area contributed by atoms with Gasteiger partial charge in [-0.15, -0.1) is 0 Å². The number of nitrogens with zero attached hydrogens (tertiary/aromatic N) is 1. The molecule has 0 spiro atoms. The lowest BCUT2D eigenvalue weighted by Gasteiger charge is -2.32. The standard InChI is InChI=1S/C17H26N2O2/c1-19(11-12-21-15-8-3-2-4-9-15)17(20)16-10-6-5-7-14(16)13-18/h2-4,8-9,14,16H,5-7,10-13,18H2,1H3. The monoisotopic (exact) mass is 290 g/mol. The maximum Gasteiger partial charge on any atom is 0.225 e. The van der Waals surface area contributed by atoms with Crippen molar-refractivity contribution in [2.45, 2.75) is 25.7 Å². The van der Waals surface area contributed by atoms with Gasteiger partial charge in [0.2, 0.25) is 5.91 Å². The van der Waals surface area contributed by atoms with Gasteiger partial charge in [-0.3, -0.25) is 4.79 Å². The van der Waals surface area contributed by atoms with Gasteiger partial charge < -0.3 is 15.4 Å². The van der Waals surface area contributed by atoms with E-state index in [1.807, 2.05) is 37.4 Å². The summed E-state index contributed by atoms with van der Waals surface area (Å²) in [6.45, 7) is 1.75. The third kappa shape index (κ3) is 4.46. The Balaban J connectivity index is 1.79.